The van der Waals surface area contributed by atoms with Gasteiger partial charge >= 0.3 is 5.97 Å². The lowest BCUT2D eigenvalue weighted by molar-refractivity contribution is -0.123. The molecule has 2 rings (SSSR count). The zero-order chi connectivity index (χ0) is 21.4. The van der Waals surface area contributed by atoms with Crippen LogP contribution in [0.15, 0.2) is 29.6 Å². The largest absolute Gasteiger partial charge is 0.493 e. The number of rotatable bonds is 9. The van der Waals surface area contributed by atoms with Crippen LogP contribution in [-0.4, -0.2) is 38.1 Å². The third kappa shape index (κ3) is 6.76. The predicted octanol–water partition coefficient (Wildman–Crippen LogP) is 3.95. The predicted molar refractivity (Wildman–Crippen MR) is 110 cm³/mol. The number of amides is 2. The molecule has 0 aliphatic rings. The maximum atomic E-state index is 12.3. The van der Waals surface area contributed by atoms with Crippen LogP contribution in [-0.2, 0) is 9.53 Å². The van der Waals surface area contributed by atoms with Gasteiger partial charge in [-0.1, -0.05) is 31.5 Å². The molecule has 29 heavy (non-hydrogen) atoms. The minimum Gasteiger partial charge on any atom is -0.493 e. The average Bonchev–Trinajstić information content (AvgIpc) is 3.21. The monoisotopic (exact) mass is 439 g/mol. The molecular weight excluding hydrogens is 418 g/mol. The van der Waals surface area contributed by atoms with E-state index in [-0.39, 0.29) is 16.3 Å². The van der Waals surface area contributed by atoms with E-state index in [0.29, 0.717) is 23.2 Å². The molecular formula is C20H22ClNO6S. The average molecular weight is 440 g/mol. The maximum Gasteiger partial charge on any atom is 0.338 e. The lowest BCUT2D eigenvalue weighted by atomic mass is 10.1. The summed E-state index contributed by atoms with van der Waals surface area (Å²) in [4.78, 5) is 36.3. The number of hydrogen-bond acceptors (Lipinski definition) is 7. The van der Waals surface area contributed by atoms with Crippen LogP contribution in [0.25, 0.3) is 0 Å². The highest BCUT2D eigenvalue weighted by Crippen LogP contribution is 2.36. The third-order valence-electron chi connectivity index (χ3n) is 3.74. The number of benzene rings is 1. The molecule has 156 valence electrons. The topological polar surface area (TPSA) is 90.9 Å². The van der Waals surface area contributed by atoms with Crippen molar-refractivity contribution in [3.63, 3.8) is 0 Å². The van der Waals surface area contributed by atoms with Gasteiger partial charge in [-0.25, -0.2) is 4.79 Å². The quantitative estimate of drug-likeness (QED) is 0.595. The molecule has 9 heteroatoms. The van der Waals surface area contributed by atoms with E-state index in [1.807, 2.05) is 0 Å². The van der Waals surface area contributed by atoms with Gasteiger partial charge in [0.25, 0.3) is 11.8 Å². The zero-order valence-corrected chi connectivity index (χ0v) is 17.9. The lowest BCUT2D eigenvalue weighted by Gasteiger charge is -2.14. The number of esters is 1. The molecule has 0 atom stereocenters. The van der Waals surface area contributed by atoms with Crippen molar-refractivity contribution >= 4 is 40.7 Å². The fraction of sp³-hybridized carbons (Fsp3) is 0.350. The Bertz CT molecular complexity index is 866. The Morgan fingerprint density at radius 3 is 2.62 bits per heavy atom. The van der Waals surface area contributed by atoms with Crippen LogP contribution in [0.3, 0.4) is 0 Å². The number of thiophene rings is 1. The van der Waals surface area contributed by atoms with Gasteiger partial charge in [0.1, 0.15) is 0 Å². The Kier molecular flexibility index (Phi) is 8.48. The summed E-state index contributed by atoms with van der Waals surface area (Å²) in [5.74, 6) is -0.974. The van der Waals surface area contributed by atoms with Gasteiger partial charge in [0.05, 0.1) is 29.2 Å². The highest BCUT2D eigenvalue weighted by Gasteiger charge is 2.19. The van der Waals surface area contributed by atoms with Gasteiger partial charge < -0.3 is 14.2 Å². The summed E-state index contributed by atoms with van der Waals surface area (Å²) >= 11 is 7.42. The summed E-state index contributed by atoms with van der Waals surface area (Å²) in [5.41, 5.74) is 0.0976. The molecule has 0 fully saturated rings. The molecule has 0 saturated carbocycles. The molecule has 0 unspecified atom stereocenters. The van der Waals surface area contributed by atoms with Gasteiger partial charge in [-0.2, -0.15) is 0 Å². The molecule has 7 nitrogen and oxygen atoms in total. The Morgan fingerprint density at radius 1 is 1.24 bits per heavy atom. The highest BCUT2D eigenvalue weighted by atomic mass is 35.5. The zero-order valence-electron chi connectivity index (χ0n) is 16.3. The molecule has 1 aromatic carbocycles. The van der Waals surface area contributed by atoms with Crippen LogP contribution in [0, 0.1) is 5.92 Å². The number of ether oxygens (including phenoxy) is 3. The molecule has 2 aromatic rings. The Hall–Kier alpha value is -2.58. The number of imide groups is 1. The van der Waals surface area contributed by atoms with Crippen LogP contribution >= 0.6 is 22.9 Å². The second-order valence-corrected chi connectivity index (χ2v) is 7.81. The van der Waals surface area contributed by atoms with E-state index < -0.39 is 24.4 Å². The number of nitrogens with one attached hydrogen (secondary N) is 1. The van der Waals surface area contributed by atoms with Gasteiger partial charge in [-0.05, 0) is 35.9 Å². The molecule has 0 radical (unpaired) electrons. The number of methoxy groups -OCH3 is 1. The number of hydrogen-bond donors (Lipinski definition) is 1. The summed E-state index contributed by atoms with van der Waals surface area (Å²) in [6.07, 6.45) is 0.836. The number of halogens is 1. The first-order valence-electron chi connectivity index (χ1n) is 8.87. The Balaban J connectivity index is 1.96. The van der Waals surface area contributed by atoms with Crippen molar-refractivity contribution in [1.82, 2.24) is 5.32 Å². The van der Waals surface area contributed by atoms with Gasteiger partial charge in [0, 0.05) is 0 Å². The summed E-state index contributed by atoms with van der Waals surface area (Å²) in [6, 6.07) is 6.08. The molecule has 2 amide bonds. The van der Waals surface area contributed by atoms with E-state index in [1.54, 1.807) is 17.5 Å². The first-order chi connectivity index (χ1) is 13.8. The van der Waals surface area contributed by atoms with Crippen molar-refractivity contribution in [2.45, 2.75) is 20.3 Å². The van der Waals surface area contributed by atoms with Gasteiger partial charge in [0.2, 0.25) is 0 Å². The van der Waals surface area contributed by atoms with Crippen molar-refractivity contribution in [3.05, 3.63) is 45.1 Å². The Labute approximate surface area is 177 Å². The minimum absolute atomic E-state index is 0.0976. The normalized spacial score (nSPS) is 10.5. The molecule has 1 N–H and O–H groups in total. The highest BCUT2D eigenvalue weighted by molar-refractivity contribution is 7.12. The summed E-state index contributed by atoms with van der Waals surface area (Å²) in [7, 11) is 1.43. The smallest absolute Gasteiger partial charge is 0.338 e. The maximum absolute atomic E-state index is 12.3. The molecule has 0 spiro atoms. The first kappa shape index (κ1) is 22.7. The van der Waals surface area contributed by atoms with E-state index >= 15 is 0 Å². The molecule has 1 heterocycles. The van der Waals surface area contributed by atoms with Gasteiger partial charge in [0.15, 0.2) is 18.1 Å². The number of carbonyl (C=O) groups is 3. The molecule has 0 aliphatic heterocycles. The second kappa shape index (κ2) is 10.8. The molecule has 0 aliphatic carbocycles. The Morgan fingerprint density at radius 2 is 2.00 bits per heavy atom. The standard InChI is InChI=1S/C20H22ClNO6S/c1-12(2)6-7-27-18-14(21)9-13(10-15(18)26-3)20(25)28-11-17(23)22-19(24)16-5-4-8-29-16/h4-5,8-10,12H,6-7,11H2,1-3H3,(H,22,23,24). The van der Waals surface area contributed by atoms with E-state index in [2.05, 4.69) is 19.2 Å². The van der Waals surface area contributed by atoms with Crippen LogP contribution in [0.2, 0.25) is 5.02 Å². The summed E-state index contributed by atoms with van der Waals surface area (Å²) in [5, 5.41) is 4.06. The van der Waals surface area contributed by atoms with Crippen LogP contribution in [0.4, 0.5) is 0 Å². The van der Waals surface area contributed by atoms with E-state index in [4.69, 9.17) is 25.8 Å². The van der Waals surface area contributed by atoms with Crippen LogP contribution < -0.4 is 14.8 Å². The van der Waals surface area contributed by atoms with E-state index in [0.717, 1.165) is 6.42 Å². The fourth-order valence-electron chi connectivity index (χ4n) is 2.22. The number of carbonyl (C=O) groups excluding carboxylic acids is 3. The van der Waals surface area contributed by atoms with Crippen molar-refractivity contribution in [3.8, 4) is 11.5 Å². The minimum atomic E-state index is -0.780. The molecule has 1 aromatic heterocycles. The van der Waals surface area contributed by atoms with E-state index in [9.17, 15) is 14.4 Å². The lowest BCUT2D eigenvalue weighted by Crippen LogP contribution is -2.33. The molecule has 0 saturated heterocycles. The molecule has 0 bridgehead atoms. The van der Waals surface area contributed by atoms with Crippen molar-refractivity contribution in [1.29, 1.82) is 0 Å². The van der Waals surface area contributed by atoms with Gasteiger partial charge in [-0.15, -0.1) is 11.3 Å². The van der Waals surface area contributed by atoms with Gasteiger partial charge in [-0.3, -0.25) is 14.9 Å². The second-order valence-electron chi connectivity index (χ2n) is 6.45. The van der Waals surface area contributed by atoms with E-state index in [1.165, 1.54) is 30.6 Å². The summed E-state index contributed by atoms with van der Waals surface area (Å²) < 4.78 is 15.9. The first-order valence-corrected chi connectivity index (χ1v) is 10.1. The summed E-state index contributed by atoms with van der Waals surface area (Å²) in [6.45, 7) is 4.00. The van der Waals surface area contributed by atoms with Crippen molar-refractivity contribution < 1.29 is 28.6 Å². The SMILES string of the molecule is COc1cc(C(=O)OCC(=O)NC(=O)c2cccs2)cc(Cl)c1OCCC(C)C. The third-order valence-corrected chi connectivity index (χ3v) is 4.89. The van der Waals surface area contributed by atoms with Crippen LogP contribution in [0.5, 0.6) is 11.5 Å². The fourth-order valence-corrected chi connectivity index (χ4v) is 3.11. The van der Waals surface area contributed by atoms with Crippen molar-refractivity contribution in [2.24, 2.45) is 5.92 Å². The van der Waals surface area contributed by atoms with Crippen LogP contribution in [0.1, 0.15) is 40.3 Å². The van der Waals surface area contributed by atoms with Crippen molar-refractivity contribution in [2.75, 3.05) is 20.3 Å².